The molecule has 24 heavy (non-hydrogen) atoms. The first-order chi connectivity index (χ1) is 11.6. The Bertz CT molecular complexity index is 706. The van der Waals surface area contributed by atoms with Crippen molar-refractivity contribution in [2.75, 3.05) is 0 Å². The van der Waals surface area contributed by atoms with Crippen molar-refractivity contribution in [3.05, 3.63) is 71.3 Å². The molecule has 0 heterocycles. The maximum Gasteiger partial charge on any atom is 0.306 e. The number of nitrogens with zero attached hydrogens (tertiary/aromatic N) is 1. The highest BCUT2D eigenvalue weighted by Gasteiger charge is 2.22. The van der Waals surface area contributed by atoms with E-state index in [1.54, 1.807) is 18.2 Å². The van der Waals surface area contributed by atoms with Gasteiger partial charge in [-0.15, -0.1) is 0 Å². The SMILES string of the molecule is N#Cc1cccc(C[C@H](C[C@@H](O)CCc2ccccc2)C(=O)O)c1. The van der Waals surface area contributed by atoms with Gasteiger partial charge in [0.25, 0.3) is 0 Å². The van der Waals surface area contributed by atoms with Crippen LogP contribution in [0, 0.1) is 17.2 Å². The molecule has 0 aliphatic carbocycles. The second-order valence-electron chi connectivity index (χ2n) is 5.97. The van der Waals surface area contributed by atoms with Crippen LogP contribution in [0.2, 0.25) is 0 Å². The smallest absolute Gasteiger partial charge is 0.306 e. The maximum atomic E-state index is 11.5. The number of carbonyl (C=O) groups is 1. The third kappa shape index (κ3) is 5.53. The molecule has 4 nitrogen and oxygen atoms in total. The van der Waals surface area contributed by atoms with E-state index in [9.17, 15) is 15.0 Å². The van der Waals surface area contributed by atoms with Gasteiger partial charge in [-0.25, -0.2) is 0 Å². The fourth-order valence-corrected chi connectivity index (χ4v) is 2.75. The van der Waals surface area contributed by atoms with Crippen LogP contribution >= 0.6 is 0 Å². The highest BCUT2D eigenvalue weighted by Crippen LogP contribution is 2.18. The lowest BCUT2D eigenvalue weighted by molar-refractivity contribution is -0.142. The lowest BCUT2D eigenvalue weighted by Crippen LogP contribution is -2.23. The first kappa shape index (κ1) is 17.7. The van der Waals surface area contributed by atoms with Gasteiger partial charge in [0.1, 0.15) is 0 Å². The predicted molar refractivity (Wildman–Crippen MR) is 91.4 cm³/mol. The van der Waals surface area contributed by atoms with E-state index in [0.29, 0.717) is 18.4 Å². The molecule has 0 unspecified atom stereocenters. The molecule has 2 rings (SSSR count). The van der Waals surface area contributed by atoms with Gasteiger partial charge in [0.05, 0.1) is 23.7 Å². The summed E-state index contributed by atoms with van der Waals surface area (Å²) in [4.78, 5) is 11.5. The number of rotatable bonds is 8. The molecule has 0 aliphatic rings. The second-order valence-corrected chi connectivity index (χ2v) is 5.97. The van der Waals surface area contributed by atoms with Gasteiger partial charge in [-0.2, -0.15) is 5.26 Å². The molecule has 4 heteroatoms. The van der Waals surface area contributed by atoms with Crippen LogP contribution in [0.25, 0.3) is 0 Å². The van der Waals surface area contributed by atoms with Crippen LogP contribution in [0.4, 0.5) is 0 Å². The number of nitriles is 1. The van der Waals surface area contributed by atoms with Crippen LogP contribution in [0.1, 0.15) is 29.5 Å². The number of hydrogen-bond acceptors (Lipinski definition) is 3. The third-order valence-electron chi connectivity index (χ3n) is 4.05. The van der Waals surface area contributed by atoms with Crippen LogP contribution in [-0.4, -0.2) is 22.3 Å². The van der Waals surface area contributed by atoms with E-state index in [1.807, 2.05) is 36.4 Å². The van der Waals surface area contributed by atoms with Gasteiger partial charge in [0, 0.05) is 0 Å². The number of benzene rings is 2. The summed E-state index contributed by atoms with van der Waals surface area (Å²) in [6.07, 6.45) is 1.11. The average molecular weight is 323 g/mol. The molecule has 0 saturated heterocycles. The first-order valence-electron chi connectivity index (χ1n) is 8.02. The normalized spacial score (nSPS) is 13.0. The first-order valence-corrected chi connectivity index (χ1v) is 8.02. The molecule has 2 aromatic carbocycles. The Morgan fingerprint density at radius 2 is 1.79 bits per heavy atom. The molecule has 0 aromatic heterocycles. The minimum Gasteiger partial charge on any atom is -0.481 e. The van der Waals surface area contributed by atoms with E-state index in [2.05, 4.69) is 6.07 Å². The molecule has 0 aliphatic heterocycles. The Kier molecular flexibility index (Phi) is 6.53. The molecule has 2 atom stereocenters. The summed E-state index contributed by atoms with van der Waals surface area (Å²) in [6, 6.07) is 18.8. The highest BCUT2D eigenvalue weighted by atomic mass is 16.4. The Morgan fingerprint density at radius 3 is 2.46 bits per heavy atom. The van der Waals surface area contributed by atoms with Crippen molar-refractivity contribution in [3.8, 4) is 6.07 Å². The minimum absolute atomic E-state index is 0.207. The molecule has 0 radical (unpaired) electrons. The van der Waals surface area contributed by atoms with E-state index in [0.717, 1.165) is 17.5 Å². The molecule has 2 aromatic rings. The van der Waals surface area contributed by atoms with Gasteiger partial charge in [-0.1, -0.05) is 42.5 Å². The summed E-state index contributed by atoms with van der Waals surface area (Å²) < 4.78 is 0. The molecule has 0 fully saturated rings. The zero-order valence-corrected chi connectivity index (χ0v) is 13.4. The molecule has 124 valence electrons. The van der Waals surface area contributed by atoms with E-state index < -0.39 is 18.0 Å². The maximum absolute atomic E-state index is 11.5. The number of carboxylic acids is 1. The van der Waals surface area contributed by atoms with Crippen LogP contribution in [0.5, 0.6) is 0 Å². The second kappa shape index (κ2) is 8.85. The number of aliphatic hydroxyl groups excluding tert-OH is 1. The molecular weight excluding hydrogens is 302 g/mol. The highest BCUT2D eigenvalue weighted by molar-refractivity contribution is 5.70. The quantitative estimate of drug-likeness (QED) is 0.782. The molecule has 0 saturated carbocycles. The van der Waals surface area contributed by atoms with Crippen LogP contribution in [-0.2, 0) is 17.6 Å². The van der Waals surface area contributed by atoms with E-state index in [-0.39, 0.29) is 6.42 Å². The molecule has 0 amide bonds. The van der Waals surface area contributed by atoms with Crippen molar-refractivity contribution in [1.82, 2.24) is 0 Å². The monoisotopic (exact) mass is 323 g/mol. The number of aryl methyl sites for hydroxylation is 1. The van der Waals surface area contributed by atoms with Crippen molar-refractivity contribution < 1.29 is 15.0 Å². The molecule has 0 bridgehead atoms. The van der Waals surface area contributed by atoms with Crippen molar-refractivity contribution >= 4 is 5.97 Å². The van der Waals surface area contributed by atoms with Crippen LogP contribution < -0.4 is 0 Å². The topological polar surface area (TPSA) is 81.3 Å². The zero-order chi connectivity index (χ0) is 17.4. The van der Waals surface area contributed by atoms with Gasteiger partial charge >= 0.3 is 5.97 Å². The van der Waals surface area contributed by atoms with E-state index in [1.165, 1.54) is 0 Å². The number of carboxylic acid groups (broad SMARTS) is 1. The summed E-state index contributed by atoms with van der Waals surface area (Å²) in [7, 11) is 0. The van der Waals surface area contributed by atoms with E-state index >= 15 is 0 Å². The van der Waals surface area contributed by atoms with Crippen molar-refractivity contribution in [2.24, 2.45) is 5.92 Å². The zero-order valence-electron chi connectivity index (χ0n) is 13.4. The Hall–Kier alpha value is -2.64. The standard InChI is InChI=1S/C20H21NO3/c21-14-17-8-4-7-16(11-17)12-18(20(23)24)13-19(22)10-9-15-5-2-1-3-6-15/h1-8,11,18-19,22H,9-10,12-13H2,(H,23,24)/t18-,19+/m1/s1. The fraction of sp³-hybridized carbons (Fsp3) is 0.300. The lowest BCUT2D eigenvalue weighted by atomic mass is 9.91. The van der Waals surface area contributed by atoms with Crippen molar-refractivity contribution in [3.63, 3.8) is 0 Å². The molecular formula is C20H21NO3. The van der Waals surface area contributed by atoms with Crippen molar-refractivity contribution in [1.29, 1.82) is 5.26 Å². The van der Waals surface area contributed by atoms with Gasteiger partial charge in [0.2, 0.25) is 0 Å². The Balaban J connectivity index is 1.92. The van der Waals surface area contributed by atoms with Crippen molar-refractivity contribution in [2.45, 2.75) is 31.8 Å². The number of aliphatic carboxylic acids is 1. The summed E-state index contributed by atoms with van der Waals surface area (Å²) >= 11 is 0. The number of hydrogen-bond donors (Lipinski definition) is 2. The fourth-order valence-electron chi connectivity index (χ4n) is 2.75. The number of aliphatic hydroxyl groups is 1. The van der Waals surface area contributed by atoms with Gasteiger partial charge in [-0.3, -0.25) is 4.79 Å². The summed E-state index contributed by atoms with van der Waals surface area (Å²) in [5.74, 6) is -1.58. The molecule has 2 N–H and O–H groups in total. The molecule has 0 spiro atoms. The summed E-state index contributed by atoms with van der Waals surface area (Å²) in [6.45, 7) is 0. The van der Waals surface area contributed by atoms with E-state index in [4.69, 9.17) is 5.26 Å². The third-order valence-corrected chi connectivity index (χ3v) is 4.05. The largest absolute Gasteiger partial charge is 0.481 e. The lowest BCUT2D eigenvalue weighted by Gasteiger charge is -2.17. The predicted octanol–water partition coefficient (Wildman–Crippen LogP) is 3.19. The summed E-state index contributed by atoms with van der Waals surface area (Å²) in [5, 5.41) is 28.5. The Morgan fingerprint density at radius 1 is 1.08 bits per heavy atom. The van der Waals surface area contributed by atoms with Gasteiger partial charge in [-0.05, 0) is 48.9 Å². The van der Waals surface area contributed by atoms with Gasteiger partial charge in [0.15, 0.2) is 0 Å². The minimum atomic E-state index is -0.920. The average Bonchev–Trinajstić information content (AvgIpc) is 2.60. The summed E-state index contributed by atoms with van der Waals surface area (Å²) in [5.41, 5.74) is 2.45. The van der Waals surface area contributed by atoms with Crippen LogP contribution in [0.15, 0.2) is 54.6 Å². The van der Waals surface area contributed by atoms with Gasteiger partial charge < -0.3 is 10.2 Å². The van der Waals surface area contributed by atoms with Crippen LogP contribution in [0.3, 0.4) is 0 Å². The Labute approximate surface area is 142 Å².